The normalized spacial score (nSPS) is 13.4. The number of rotatable bonds is 7. The third-order valence-corrected chi connectivity index (χ3v) is 3.74. The van der Waals surface area contributed by atoms with Crippen molar-refractivity contribution in [2.24, 2.45) is 5.73 Å². The van der Waals surface area contributed by atoms with E-state index in [1.54, 1.807) is 12.1 Å². The van der Waals surface area contributed by atoms with E-state index in [2.05, 4.69) is 0 Å². The van der Waals surface area contributed by atoms with E-state index in [4.69, 9.17) is 15.2 Å². The van der Waals surface area contributed by atoms with Crippen molar-refractivity contribution in [1.82, 2.24) is 0 Å². The summed E-state index contributed by atoms with van der Waals surface area (Å²) in [6.45, 7) is 6.52. The van der Waals surface area contributed by atoms with Gasteiger partial charge in [-0.1, -0.05) is 19.9 Å². The summed E-state index contributed by atoms with van der Waals surface area (Å²) < 4.78 is 25.0. The largest absolute Gasteiger partial charge is 0.497 e. The average molecular weight is 269 g/mol. The summed E-state index contributed by atoms with van der Waals surface area (Å²) >= 11 is 0. The van der Waals surface area contributed by atoms with Crippen molar-refractivity contribution in [2.45, 2.75) is 45.3 Å². The van der Waals surface area contributed by atoms with Crippen LogP contribution in [0, 0.1) is 5.82 Å². The Balaban J connectivity index is 3.12. The second-order valence-corrected chi connectivity index (χ2v) is 4.57. The fourth-order valence-corrected chi connectivity index (χ4v) is 2.44. The predicted octanol–water partition coefficient (Wildman–Crippen LogP) is 3.43. The van der Waals surface area contributed by atoms with Gasteiger partial charge in [-0.25, -0.2) is 4.39 Å². The lowest BCUT2D eigenvalue weighted by Gasteiger charge is -2.37. The van der Waals surface area contributed by atoms with Crippen LogP contribution in [0.15, 0.2) is 18.2 Å². The highest BCUT2D eigenvalue weighted by atomic mass is 19.1. The molecule has 0 heterocycles. The number of hydrogen-bond acceptors (Lipinski definition) is 3. The molecule has 0 fully saturated rings. The standard InChI is InChI=1S/C15H24FNO2/c1-5-15(6-2,19-7-3)14(17)12-9-8-11(18-4)10-13(12)16/h8-10,14H,5-7,17H2,1-4H3. The monoisotopic (exact) mass is 269 g/mol. The summed E-state index contributed by atoms with van der Waals surface area (Å²) in [4.78, 5) is 0. The van der Waals surface area contributed by atoms with Gasteiger partial charge >= 0.3 is 0 Å². The van der Waals surface area contributed by atoms with Gasteiger partial charge < -0.3 is 15.2 Å². The maximum Gasteiger partial charge on any atom is 0.131 e. The number of methoxy groups -OCH3 is 1. The van der Waals surface area contributed by atoms with Crippen LogP contribution in [0.5, 0.6) is 5.75 Å². The summed E-state index contributed by atoms with van der Waals surface area (Å²) in [7, 11) is 1.51. The third-order valence-electron chi connectivity index (χ3n) is 3.74. The molecule has 0 aliphatic carbocycles. The second-order valence-electron chi connectivity index (χ2n) is 4.57. The van der Waals surface area contributed by atoms with Crippen LogP contribution in [0.25, 0.3) is 0 Å². The van der Waals surface area contributed by atoms with E-state index in [1.165, 1.54) is 13.2 Å². The summed E-state index contributed by atoms with van der Waals surface area (Å²) in [5.74, 6) is 0.140. The van der Waals surface area contributed by atoms with Crippen LogP contribution in [0.2, 0.25) is 0 Å². The van der Waals surface area contributed by atoms with Crippen molar-refractivity contribution in [1.29, 1.82) is 0 Å². The topological polar surface area (TPSA) is 44.5 Å². The Morgan fingerprint density at radius 3 is 2.32 bits per heavy atom. The molecule has 108 valence electrons. The van der Waals surface area contributed by atoms with Crippen molar-refractivity contribution < 1.29 is 13.9 Å². The molecule has 1 rings (SSSR count). The highest BCUT2D eigenvalue weighted by Gasteiger charge is 2.36. The fraction of sp³-hybridized carbons (Fsp3) is 0.600. The van der Waals surface area contributed by atoms with Crippen LogP contribution in [0.1, 0.15) is 45.2 Å². The molecule has 1 aromatic carbocycles. The van der Waals surface area contributed by atoms with Gasteiger partial charge in [0.05, 0.1) is 18.8 Å². The first-order chi connectivity index (χ1) is 9.04. The van der Waals surface area contributed by atoms with E-state index >= 15 is 0 Å². The molecule has 3 nitrogen and oxygen atoms in total. The van der Waals surface area contributed by atoms with Crippen molar-refractivity contribution in [3.8, 4) is 5.75 Å². The van der Waals surface area contributed by atoms with Gasteiger partial charge in [0.1, 0.15) is 11.6 Å². The van der Waals surface area contributed by atoms with Crippen molar-refractivity contribution >= 4 is 0 Å². The van der Waals surface area contributed by atoms with Gasteiger partial charge in [0.2, 0.25) is 0 Å². The first-order valence-corrected chi connectivity index (χ1v) is 6.77. The Hall–Kier alpha value is -1.13. The lowest BCUT2D eigenvalue weighted by atomic mass is 9.84. The van der Waals surface area contributed by atoms with Crippen LogP contribution in [-0.2, 0) is 4.74 Å². The van der Waals surface area contributed by atoms with Gasteiger partial charge in [0.25, 0.3) is 0 Å². The van der Waals surface area contributed by atoms with Gasteiger partial charge in [-0.3, -0.25) is 0 Å². The highest BCUT2D eigenvalue weighted by molar-refractivity contribution is 5.32. The Labute approximate surface area is 114 Å². The SMILES string of the molecule is CCOC(CC)(CC)C(N)c1ccc(OC)cc1F. The Morgan fingerprint density at radius 2 is 1.89 bits per heavy atom. The van der Waals surface area contributed by atoms with E-state index < -0.39 is 11.6 Å². The molecule has 2 N–H and O–H groups in total. The van der Waals surface area contributed by atoms with Crippen LogP contribution < -0.4 is 10.5 Å². The molecule has 0 spiro atoms. The molecule has 4 heteroatoms. The molecule has 1 unspecified atom stereocenters. The number of hydrogen-bond donors (Lipinski definition) is 1. The molecule has 19 heavy (non-hydrogen) atoms. The molecule has 0 aliphatic heterocycles. The first-order valence-electron chi connectivity index (χ1n) is 6.77. The molecule has 0 aromatic heterocycles. The van der Waals surface area contributed by atoms with Crippen molar-refractivity contribution in [2.75, 3.05) is 13.7 Å². The maximum atomic E-state index is 14.1. The minimum atomic E-state index is -0.524. The summed E-state index contributed by atoms with van der Waals surface area (Å²) in [5.41, 5.74) is 6.21. The minimum absolute atomic E-state index is 0.349. The molecular weight excluding hydrogens is 245 g/mol. The number of ether oxygens (including phenoxy) is 2. The molecule has 0 saturated carbocycles. The molecule has 0 amide bonds. The van der Waals surface area contributed by atoms with E-state index in [0.717, 1.165) is 12.8 Å². The lowest BCUT2D eigenvalue weighted by molar-refractivity contribution is -0.0652. The average Bonchev–Trinajstić information content (AvgIpc) is 2.44. The zero-order valence-electron chi connectivity index (χ0n) is 12.2. The van der Waals surface area contributed by atoms with Gasteiger partial charge in [-0.05, 0) is 25.8 Å². The van der Waals surface area contributed by atoms with Gasteiger partial charge in [0, 0.05) is 18.2 Å². The maximum absolute atomic E-state index is 14.1. The Morgan fingerprint density at radius 1 is 1.26 bits per heavy atom. The zero-order valence-corrected chi connectivity index (χ0v) is 12.2. The zero-order chi connectivity index (χ0) is 14.5. The van der Waals surface area contributed by atoms with Gasteiger partial charge in [-0.2, -0.15) is 0 Å². The molecule has 0 radical (unpaired) electrons. The lowest BCUT2D eigenvalue weighted by Crippen LogP contribution is -2.43. The smallest absolute Gasteiger partial charge is 0.131 e. The molecule has 1 atom stereocenters. The summed E-state index contributed by atoms with van der Waals surface area (Å²) in [5, 5.41) is 0. The number of nitrogens with two attached hydrogens (primary N) is 1. The fourth-order valence-electron chi connectivity index (χ4n) is 2.44. The van der Waals surface area contributed by atoms with Crippen LogP contribution in [0.4, 0.5) is 4.39 Å². The van der Waals surface area contributed by atoms with Crippen molar-refractivity contribution in [3.05, 3.63) is 29.6 Å². The quantitative estimate of drug-likeness (QED) is 0.824. The van der Waals surface area contributed by atoms with E-state index in [-0.39, 0.29) is 5.82 Å². The summed E-state index contributed by atoms with van der Waals surface area (Å²) in [6, 6.07) is 4.27. The number of halogens is 1. The van der Waals surface area contributed by atoms with Gasteiger partial charge in [0.15, 0.2) is 0 Å². The second kappa shape index (κ2) is 6.87. The molecule has 1 aromatic rings. The molecule has 0 bridgehead atoms. The first kappa shape index (κ1) is 15.9. The van der Waals surface area contributed by atoms with Crippen LogP contribution in [0.3, 0.4) is 0 Å². The Kier molecular flexibility index (Phi) is 5.76. The van der Waals surface area contributed by atoms with Crippen molar-refractivity contribution in [3.63, 3.8) is 0 Å². The van der Waals surface area contributed by atoms with Gasteiger partial charge in [-0.15, -0.1) is 0 Å². The van der Waals surface area contributed by atoms with Crippen LogP contribution in [-0.4, -0.2) is 19.3 Å². The van der Waals surface area contributed by atoms with Crippen LogP contribution >= 0.6 is 0 Å². The minimum Gasteiger partial charge on any atom is -0.497 e. The number of benzene rings is 1. The van der Waals surface area contributed by atoms with E-state index in [1.807, 2.05) is 20.8 Å². The Bertz CT molecular complexity index is 405. The summed E-state index contributed by atoms with van der Waals surface area (Å²) in [6.07, 6.45) is 1.48. The van der Waals surface area contributed by atoms with E-state index in [9.17, 15) is 4.39 Å². The third kappa shape index (κ3) is 3.25. The van der Waals surface area contributed by atoms with E-state index in [0.29, 0.717) is 17.9 Å². The molecular formula is C15H24FNO2. The molecule has 0 saturated heterocycles. The molecule has 0 aliphatic rings. The highest BCUT2D eigenvalue weighted by Crippen LogP contribution is 2.35. The predicted molar refractivity (Wildman–Crippen MR) is 74.8 cm³/mol.